The van der Waals surface area contributed by atoms with Crippen molar-refractivity contribution in [2.45, 2.75) is 51.7 Å². The van der Waals surface area contributed by atoms with Gasteiger partial charge in [-0.2, -0.15) is 0 Å². The van der Waals surface area contributed by atoms with E-state index in [1.165, 1.54) is 6.42 Å². The number of likely N-dealkylation sites (tertiary alicyclic amines) is 1. The van der Waals surface area contributed by atoms with Crippen molar-refractivity contribution >= 4 is 35.8 Å². The number of amides is 1. The summed E-state index contributed by atoms with van der Waals surface area (Å²) in [5.41, 5.74) is 0.144. The highest BCUT2D eigenvalue weighted by Gasteiger charge is 2.58. The van der Waals surface area contributed by atoms with Crippen LogP contribution in [0.1, 0.15) is 39.5 Å². The largest absolute Gasteiger partial charge is 0.377 e. The Morgan fingerprint density at radius 2 is 1.76 bits per heavy atom. The summed E-state index contributed by atoms with van der Waals surface area (Å²) in [5, 5.41) is 3.76. The molecule has 0 bridgehead atoms. The maximum absolute atomic E-state index is 12.4. The van der Waals surface area contributed by atoms with Gasteiger partial charge in [-0.05, 0) is 25.7 Å². The van der Waals surface area contributed by atoms with E-state index in [1.54, 1.807) is 0 Å². The molecule has 0 radical (unpaired) electrons. The average molecular weight is 519 g/mol. The number of carbonyl (C=O) groups is 1. The zero-order chi connectivity index (χ0) is 19.7. The van der Waals surface area contributed by atoms with Crippen molar-refractivity contribution in [1.82, 2.24) is 20.0 Å². The molecule has 0 aromatic heterocycles. The summed E-state index contributed by atoms with van der Waals surface area (Å²) in [6, 6.07) is 0.422. The topological polar surface area (TPSA) is 60.4 Å². The van der Waals surface area contributed by atoms with Crippen molar-refractivity contribution < 1.29 is 9.53 Å². The van der Waals surface area contributed by atoms with Crippen LogP contribution in [0, 0.1) is 11.3 Å². The minimum atomic E-state index is 0. The van der Waals surface area contributed by atoms with Crippen LogP contribution >= 0.6 is 24.0 Å². The molecule has 0 aromatic rings. The molecule has 3 unspecified atom stereocenters. The van der Waals surface area contributed by atoms with Crippen LogP contribution in [0.4, 0.5) is 0 Å². The van der Waals surface area contributed by atoms with Crippen molar-refractivity contribution in [3.05, 3.63) is 0 Å². The normalized spacial score (nSPS) is 32.2. The number of guanidine groups is 1. The molecule has 4 fully saturated rings. The van der Waals surface area contributed by atoms with E-state index in [2.05, 4.69) is 34.0 Å². The fourth-order valence-corrected chi connectivity index (χ4v) is 5.63. The number of nitrogens with one attached hydrogen (secondary N) is 1. The van der Waals surface area contributed by atoms with Crippen LogP contribution in [0.5, 0.6) is 0 Å². The van der Waals surface area contributed by atoms with Crippen LogP contribution in [0.2, 0.25) is 0 Å². The lowest BCUT2D eigenvalue weighted by atomic mass is 9.55. The van der Waals surface area contributed by atoms with Gasteiger partial charge >= 0.3 is 0 Å². The lowest BCUT2D eigenvalue weighted by Gasteiger charge is -2.60. The van der Waals surface area contributed by atoms with E-state index in [9.17, 15) is 4.79 Å². The molecule has 166 valence electrons. The Kier molecular flexibility index (Phi) is 7.70. The van der Waals surface area contributed by atoms with E-state index < -0.39 is 0 Å². The molecule has 0 aromatic carbocycles. The van der Waals surface area contributed by atoms with Gasteiger partial charge in [0.05, 0.1) is 12.6 Å². The molecule has 4 rings (SSSR count). The number of hydrogen-bond donors (Lipinski definition) is 1. The minimum Gasteiger partial charge on any atom is -0.377 e. The quantitative estimate of drug-likeness (QED) is 0.349. The molecule has 3 atom stereocenters. The first kappa shape index (κ1) is 23.1. The Labute approximate surface area is 192 Å². The number of fused-ring (bicyclic) bond motifs is 1. The van der Waals surface area contributed by atoms with Crippen LogP contribution in [0.25, 0.3) is 0 Å². The van der Waals surface area contributed by atoms with E-state index in [4.69, 9.17) is 4.74 Å². The maximum Gasteiger partial charge on any atom is 0.236 e. The molecule has 3 aliphatic heterocycles. The molecule has 29 heavy (non-hydrogen) atoms. The Hall–Kier alpha value is -0.610. The molecule has 0 spiro atoms. The lowest BCUT2D eigenvalue weighted by molar-refractivity contribution is -0.188. The van der Waals surface area contributed by atoms with Crippen molar-refractivity contribution in [3.8, 4) is 0 Å². The summed E-state index contributed by atoms with van der Waals surface area (Å²) in [6.07, 6.45) is 5.11. The zero-order valence-corrected chi connectivity index (χ0v) is 20.6. The van der Waals surface area contributed by atoms with Gasteiger partial charge in [-0.15, -0.1) is 24.0 Å². The molecule has 1 aliphatic carbocycles. The molecule has 4 aliphatic rings. The first-order valence-electron chi connectivity index (χ1n) is 11.1. The Morgan fingerprint density at radius 3 is 2.41 bits per heavy atom. The van der Waals surface area contributed by atoms with Gasteiger partial charge in [0.15, 0.2) is 5.96 Å². The van der Waals surface area contributed by atoms with Gasteiger partial charge in [-0.1, -0.05) is 13.8 Å². The second kappa shape index (κ2) is 9.68. The molecule has 8 heteroatoms. The molecule has 3 heterocycles. The number of aliphatic imine (C=N–C) groups is 1. The number of halogens is 1. The fraction of sp³-hybridized carbons (Fsp3) is 0.905. The SMILES string of the molecule is CN=C(NC1C2CCCOC2C1(C)C)N1CCN(CC(=O)N2CCCC2)CC1.I. The fourth-order valence-electron chi connectivity index (χ4n) is 5.63. The summed E-state index contributed by atoms with van der Waals surface area (Å²) in [6.45, 7) is 11.7. The van der Waals surface area contributed by atoms with Gasteiger partial charge in [0.25, 0.3) is 0 Å². The van der Waals surface area contributed by atoms with Gasteiger partial charge in [0.2, 0.25) is 5.91 Å². The predicted octanol–water partition coefficient (Wildman–Crippen LogP) is 1.62. The molecular formula is C21H38IN5O2. The Morgan fingerprint density at radius 1 is 1.07 bits per heavy atom. The molecule has 1 amide bonds. The van der Waals surface area contributed by atoms with Crippen LogP contribution in [-0.4, -0.2) is 98.2 Å². The number of piperazine rings is 1. The monoisotopic (exact) mass is 519 g/mol. The highest BCUT2D eigenvalue weighted by atomic mass is 127. The number of carbonyl (C=O) groups excluding carboxylic acids is 1. The molecule has 7 nitrogen and oxygen atoms in total. The number of rotatable bonds is 3. The van der Waals surface area contributed by atoms with E-state index in [1.807, 2.05) is 11.9 Å². The van der Waals surface area contributed by atoms with Gasteiger partial charge in [0.1, 0.15) is 0 Å². The van der Waals surface area contributed by atoms with Crippen molar-refractivity contribution in [2.24, 2.45) is 16.3 Å². The highest BCUT2D eigenvalue weighted by Crippen LogP contribution is 2.51. The molecule has 1 N–H and O–H groups in total. The minimum absolute atomic E-state index is 0. The summed E-state index contributed by atoms with van der Waals surface area (Å²) in [5.74, 6) is 1.90. The van der Waals surface area contributed by atoms with Crippen molar-refractivity contribution in [2.75, 3.05) is 59.5 Å². The Bertz CT molecular complexity index is 600. The van der Waals surface area contributed by atoms with Gasteiger partial charge in [-0.3, -0.25) is 14.7 Å². The lowest BCUT2D eigenvalue weighted by Crippen LogP contribution is -2.71. The van der Waals surface area contributed by atoms with E-state index in [-0.39, 0.29) is 29.4 Å². The van der Waals surface area contributed by atoms with E-state index in [0.717, 1.165) is 71.1 Å². The van der Waals surface area contributed by atoms with Crippen LogP contribution in [0.3, 0.4) is 0 Å². The smallest absolute Gasteiger partial charge is 0.236 e. The molecule has 3 saturated heterocycles. The van der Waals surface area contributed by atoms with E-state index >= 15 is 0 Å². The predicted molar refractivity (Wildman–Crippen MR) is 126 cm³/mol. The summed E-state index contributed by atoms with van der Waals surface area (Å²) < 4.78 is 6.04. The van der Waals surface area contributed by atoms with Crippen molar-refractivity contribution in [1.29, 1.82) is 0 Å². The van der Waals surface area contributed by atoms with Crippen LogP contribution < -0.4 is 5.32 Å². The summed E-state index contributed by atoms with van der Waals surface area (Å²) in [7, 11) is 1.88. The van der Waals surface area contributed by atoms with Crippen molar-refractivity contribution in [3.63, 3.8) is 0 Å². The van der Waals surface area contributed by atoms with Gasteiger partial charge < -0.3 is 19.9 Å². The van der Waals surface area contributed by atoms with Crippen LogP contribution in [-0.2, 0) is 9.53 Å². The van der Waals surface area contributed by atoms with Gasteiger partial charge in [-0.25, -0.2) is 0 Å². The van der Waals surface area contributed by atoms with Crippen LogP contribution in [0.15, 0.2) is 4.99 Å². The molecular weight excluding hydrogens is 481 g/mol. The highest BCUT2D eigenvalue weighted by molar-refractivity contribution is 14.0. The van der Waals surface area contributed by atoms with E-state index in [0.29, 0.717) is 30.5 Å². The van der Waals surface area contributed by atoms with Gasteiger partial charge in [0, 0.05) is 70.3 Å². The standard InChI is InChI=1S/C21H37N5O2.HI/c1-21(2)18(16-7-6-14-28-19(16)21)23-20(22-3)26-12-10-24(11-13-26)15-17(27)25-8-4-5-9-25;/h16,18-19H,4-15H2,1-3H3,(H,22,23);1H. The average Bonchev–Trinajstić information content (AvgIpc) is 3.24. The molecule has 1 saturated carbocycles. The zero-order valence-electron chi connectivity index (χ0n) is 18.2. The third kappa shape index (κ3) is 4.69. The number of ether oxygens (including phenoxy) is 1. The third-order valence-electron chi connectivity index (χ3n) is 7.32. The first-order valence-corrected chi connectivity index (χ1v) is 11.1. The second-order valence-electron chi connectivity index (χ2n) is 9.44. The number of hydrogen-bond acceptors (Lipinski definition) is 4. The second-order valence-corrected chi connectivity index (χ2v) is 9.44. The first-order chi connectivity index (χ1) is 13.5. The summed E-state index contributed by atoms with van der Waals surface area (Å²) in [4.78, 5) is 23.7. The maximum atomic E-state index is 12.4. The Balaban J connectivity index is 0.00000240. The summed E-state index contributed by atoms with van der Waals surface area (Å²) >= 11 is 0. The number of nitrogens with zero attached hydrogens (tertiary/aromatic N) is 4. The third-order valence-corrected chi connectivity index (χ3v) is 7.32.